The minimum atomic E-state index is -0.186. The number of ether oxygens (including phenoxy) is 1. The van der Waals surface area contributed by atoms with E-state index in [0.29, 0.717) is 24.0 Å². The smallest absolute Gasteiger partial charge is 0.125 e. The molecule has 0 saturated carbocycles. The Balaban J connectivity index is 0.000000271. The van der Waals surface area contributed by atoms with E-state index in [1.54, 1.807) is 30.9 Å². The van der Waals surface area contributed by atoms with Gasteiger partial charge >= 0.3 is 0 Å². The van der Waals surface area contributed by atoms with Crippen LogP contribution in [-0.2, 0) is 11.3 Å². The predicted molar refractivity (Wildman–Crippen MR) is 109 cm³/mol. The fraction of sp³-hybridized carbons (Fsp3) is 0.316. The third-order valence-corrected chi connectivity index (χ3v) is 4.38. The van der Waals surface area contributed by atoms with Gasteiger partial charge in [-0.05, 0) is 25.0 Å². The first-order chi connectivity index (χ1) is 13.6. The molecule has 1 unspecified atom stereocenters. The molecule has 0 spiro atoms. The highest BCUT2D eigenvalue weighted by Crippen LogP contribution is 2.29. The van der Waals surface area contributed by atoms with Gasteiger partial charge in [0.2, 0.25) is 0 Å². The molecule has 5 N–H and O–H groups in total. The van der Waals surface area contributed by atoms with Gasteiger partial charge in [-0.2, -0.15) is 0 Å². The first-order valence-corrected chi connectivity index (χ1v) is 9.34. The molecule has 1 saturated heterocycles. The van der Waals surface area contributed by atoms with Crippen LogP contribution < -0.4 is 11.1 Å². The summed E-state index contributed by atoms with van der Waals surface area (Å²) < 4.78 is 4.93. The standard InChI is InChI=1S/C14H13ClN6.C5H10O2/c15-12-7-21-13(16)4-11(12)9-3-10(6-17-5-9)20-8-14-18-1-2-19-14;6-5-2-1-3-7-4-5/h1-7,20H,8H2,(H2,16,21)(H,18,19);5-6H,1-4H2. The van der Waals surface area contributed by atoms with Crippen molar-refractivity contribution in [2.75, 3.05) is 24.3 Å². The van der Waals surface area contributed by atoms with E-state index < -0.39 is 0 Å². The summed E-state index contributed by atoms with van der Waals surface area (Å²) in [7, 11) is 0. The molecule has 1 aliphatic rings. The number of nitrogen functional groups attached to an aromatic ring is 1. The lowest BCUT2D eigenvalue weighted by molar-refractivity contribution is -0.00535. The molecule has 3 aromatic heterocycles. The van der Waals surface area contributed by atoms with Crippen LogP contribution in [0.1, 0.15) is 18.7 Å². The van der Waals surface area contributed by atoms with Crippen LogP contribution in [-0.4, -0.2) is 44.4 Å². The quantitative estimate of drug-likeness (QED) is 0.529. The molecule has 4 heterocycles. The third kappa shape index (κ3) is 5.91. The second-order valence-electron chi connectivity index (χ2n) is 6.31. The van der Waals surface area contributed by atoms with Crippen molar-refractivity contribution in [3.63, 3.8) is 0 Å². The van der Waals surface area contributed by atoms with Crippen LogP contribution in [0.15, 0.2) is 43.1 Å². The Kier molecular flexibility index (Phi) is 7.18. The zero-order chi connectivity index (χ0) is 19.8. The molecule has 1 atom stereocenters. The van der Waals surface area contributed by atoms with E-state index >= 15 is 0 Å². The van der Waals surface area contributed by atoms with Gasteiger partial charge in [-0.15, -0.1) is 0 Å². The van der Waals surface area contributed by atoms with Gasteiger partial charge in [0, 0.05) is 48.7 Å². The fourth-order valence-corrected chi connectivity index (χ4v) is 2.88. The van der Waals surface area contributed by atoms with E-state index in [4.69, 9.17) is 27.2 Å². The normalized spacial score (nSPS) is 16.1. The van der Waals surface area contributed by atoms with Crippen LogP contribution >= 0.6 is 11.6 Å². The predicted octanol–water partition coefficient (Wildman–Crippen LogP) is 2.87. The van der Waals surface area contributed by atoms with Crippen molar-refractivity contribution in [1.29, 1.82) is 0 Å². The van der Waals surface area contributed by atoms with Crippen molar-refractivity contribution in [2.24, 2.45) is 0 Å². The molecule has 0 amide bonds. The van der Waals surface area contributed by atoms with Crippen molar-refractivity contribution >= 4 is 23.1 Å². The molecule has 28 heavy (non-hydrogen) atoms. The number of H-pyrrole nitrogens is 1. The number of hydrogen-bond acceptors (Lipinski definition) is 7. The van der Waals surface area contributed by atoms with Crippen LogP contribution in [0, 0.1) is 0 Å². The van der Waals surface area contributed by atoms with Gasteiger partial charge in [-0.25, -0.2) is 9.97 Å². The van der Waals surface area contributed by atoms with Gasteiger partial charge in [0.1, 0.15) is 11.6 Å². The van der Waals surface area contributed by atoms with E-state index in [2.05, 4.69) is 25.3 Å². The number of anilines is 2. The van der Waals surface area contributed by atoms with Crippen molar-refractivity contribution < 1.29 is 9.84 Å². The number of aliphatic hydroxyl groups is 1. The zero-order valence-electron chi connectivity index (χ0n) is 15.3. The van der Waals surface area contributed by atoms with Gasteiger partial charge in [0.15, 0.2) is 0 Å². The molecule has 3 aromatic rings. The Bertz CT molecular complexity index is 869. The lowest BCUT2D eigenvalue weighted by Gasteiger charge is -2.15. The number of nitrogens with one attached hydrogen (secondary N) is 2. The monoisotopic (exact) mass is 402 g/mol. The Morgan fingerprint density at radius 3 is 2.86 bits per heavy atom. The largest absolute Gasteiger partial charge is 0.391 e. The van der Waals surface area contributed by atoms with E-state index in [-0.39, 0.29) is 6.10 Å². The van der Waals surface area contributed by atoms with Crippen LogP contribution in [0.4, 0.5) is 11.5 Å². The Morgan fingerprint density at radius 1 is 1.29 bits per heavy atom. The summed E-state index contributed by atoms with van der Waals surface area (Å²) in [6.07, 6.45) is 10.3. The molecule has 148 valence electrons. The molecular weight excluding hydrogens is 380 g/mol. The second kappa shape index (κ2) is 10.0. The zero-order valence-corrected chi connectivity index (χ0v) is 16.1. The summed E-state index contributed by atoms with van der Waals surface area (Å²) in [5.41, 5.74) is 8.26. The fourth-order valence-electron chi connectivity index (χ4n) is 2.66. The number of aromatic nitrogens is 4. The molecule has 0 aliphatic carbocycles. The highest BCUT2D eigenvalue weighted by atomic mass is 35.5. The van der Waals surface area contributed by atoms with E-state index in [1.807, 2.05) is 6.07 Å². The molecule has 9 heteroatoms. The lowest BCUT2D eigenvalue weighted by atomic mass is 10.1. The van der Waals surface area contributed by atoms with Crippen molar-refractivity contribution in [1.82, 2.24) is 19.9 Å². The number of rotatable bonds is 4. The number of aromatic amines is 1. The summed E-state index contributed by atoms with van der Waals surface area (Å²) in [6.45, 7) is 1.96. The summed E-state index contributed by atoms with van der Waals surface area (Å²) in [6, 6.07) is 3.69. The lowest BCUT2D eigenvalue weighted by Crippen LogP contribution is -2.21. The van der Waals surface area contributed by atoms with Gasteiger partial charge < -0.3 is 25.9 Å². The highest BCUT2D eigenvalue weighted by molar-refractivity contribution is 6.33. The average molecular weight is 403 g/mol. The minimum absolute atomic E-state index is 0.186. The van der Waals surface area contributed by atoms with Crippen molar-refractivity contribution in [2.45, 2.75) is 25.5 Å². The summed E-state index contributed by atoms with van der Waals surface area (Å²) in [5, 5.41) is 12.6. The summed E-state index contributed by atoms with van der Waals surface area (Å²) >= 11 is 6.16. The van der Waals surface area contributed by atoms with Gasteiger partial charge in [0.05, 0.1) is 30.0 Å². The number of pyridine rings is 2. The summed E-state index contributed by atoms with van der Waals surface area (Å²) in [5.74, 6) is 1.27. The number of aliphatic hydroxyl groups excluding tert-OH is 1. The first-order valence-electron chi connectivity index (χ1n) is 8.96. The third-order valence-electron chi connectivity index (χ3n) is 4.08. The second-order valence-corrected chi connectivity index (χ2v) is 6.72. The average Bonchev–Trinajstić information content (AvgIpc) is 3.23. The summed E-state index contributed by atoms with van der Waals surface area (Å²) in [4.78, 5) is 15.4. The molecule has 0 radical (unpaired) electrons. The Morgan fingerprint density at radius 2 is 2.18 bits per heavy atom. The molecule has 0 bridgehead atoms. The van der Waals surface area contributed by atoms with Crippen molar-refractivity contribution in [3.05, 3.63) is 54.0 Å². The molecular formula is C19H23ClN6O2. The number of halogens is 1. The maximum Gasteiger partial charge on any atom is 0.125 e. The molecule has 8 nitrogen and oxygen atoms in total. The Hall–Kier alpha value is -2.68. The van der Waals surface area contributed by atoms with Gasteiger partial charge in [-0.1, -0.05) is 11.6 Å². The number of hydrogen-bond donors (Lipinski definition) is 4. The molecule has 1 aliphatic heterocycles. The van der Waals surface area contributed by atoms with E-state index in [0.717, 1.165) is 42.1 Å². The van der Waals surface area contributed by atoms with Crippen LogP contribution in [0.25, 0.3) is 11.1 Å². The highest BCUT2D eigenvalue weighted by Gasteiger charge is 2.08. The van der Waals surface area contributed by atoms with E-state index in [9.17, 15) is 0 Å². The SMILES string of the molecule is Nc1cc(-c2cncc(NCc3ncc[nH]3)c2)c(Cl)cn1.OC1CCCOC1. The van der Waals surface area contributed by atoms with Crippen LogP contribution in [0.2, 0.25) is 5.02 Å². The van der Waals surface area contributed by atoms with Crippen LogP contribution in [0.3, 0.4) is 0 Å². The minimum Gasteiger partial charge on any atom is -0.391 e. The number of imidazole rings is 1. The first kappa shape index (κ1) is 20.1. The molecule has 4 rings (SSSR count). The van der Waals surface area contributed by atoms with Gasteiger partial charge in [-0.3, -0.25) is 4.98 Å². The topological polar surface area (TPSA) is 122 Å². The maximum atomic E-state index is 8.78. The Labute approximate surface area is 168 Å². The molecule has 1 fully saturated rings. The number of nitrogens with two attached hydrogens (primary N) is 1. The van der Waals surface area contributed by atoms with Crippen LogP contribution in [0.5, 0.6) is 0 Å². The van der Waals surface area contributed by atoms with Crippen molar-refractivity contribution in [3.8, 4) is 11.1 Å². The van der Waals surface area contributed by atoms with E-state index in [1.165, 1.54) is 6.20 Å². The molecule has 0 aromatic carbocycles. The maximum absolute atomic E-state index is 8.78. The number of nitrogens with zero attached hydrogens (tertiary/aromatic N) is 3. The van der Waals surface area contributed by atoms with Gasteiger partial charge in [0.25, 0.3) is 0 Å².